The Labute approximate surface area is 178 Å². The van der Waals surface area contributed by atoms with Gasteiger partial charge in [-0.15, -0.1) is 0 Å². The lowest BCUT2D eigenvalue weighted by Gasteiger charge is -2.22. The predicted octanol–water partition coefficient (Wildman–Crippen LogP) is 3.44. The van der Waals surface area contributed by atoms with Crippen LogP contribution in [0.15, 0.2) is 42.6 Å². The predicted molar refractivity (Wildman–Crippen MR) is 118 cm³/mol. The number of aromatic nitrogens is 1. The highest BCUT2D eigenvalue weighted by Crippen LogP contribution is 2.26. The van der Waals surface area contributed by atoms with Crippen molar-refractivity contribution in [1.29, 1.82) is 0 Å². The van der Waals surface area contributed by atoms with Crippen molar-refractivity contribution in [3.8, 4) is 0 Å². The van der Waals surface area contributed by atoms with E-state index in [9.17, 15) is 9.59 Å². The molecule has 2 aliphatic rings. The van der Waals surface area contributed by atoms with Gasteiger partial charge in [-0.1, -0.05) is 30.5 Å². The van der Waals surface area contributed by atoms with Gasteiger partial charge in [0.15, 0.2) is 0 Å². The maximum atomic E-state index is 12.8. The molecule has 1 aromatic carbocycles. The molecule has 2 amide bonds. The molecule has 0 bridgehead atoms. The fourth-order valence-corrected chi connectivity index (χ4v) is 4.26. The molecule has 2 aliphatic heterocycles. The molecule has 1 aromatic heterocycles. The smallest absolute Gasteiger partial charge is 0.239 e. The van der Waals surface area contributed by atoms with E-state index in [0.717, 1.165) is 35.7 Å². The number of anilines is 2. The summed E-state index contributed by atoms with van der Waals surface area (Å²) in [6, 6.07) is 11.8. The highest BCUT2D eigenvalue weighted by atomic mass is 16.2. The summed E-state index contributed by atoms with van der Waals surface area (Å²) in [5.74, 6) is 0.0587. The number of nitrogens with one attached hydrogen (secondary N) is 1. The molecule has 2 saturated heterocycles. The van der Waals surface area contributed by atoms with Crippen molar-refractivity contribution in [2.45, 2.75) is 45.6 Å². The highest BCUT2D eigenvalue weighted by Gasteiger charge is 2.37. The summed E-state index contributed by atoms with van der Waals surface area (Å²) in [5.41, 5.74) is 3.02. The molecule has 1 atom stereocenters. The lowest BCUT2D eigenvalue weighted by Crippen LogP contribution is -2.36. The van der Waals surface area contributed by atoms with Crippen molar-refractivity contribution in [3.05, 3.63) is 53.7 Å². The molecule has 0 spiro atoms. The van der Waals surface area contributed by atoms with Gasteiger partial charge < -0.3 is 15.1 Å². The molecule has 1 N–H and O–H groups in total. The van der Waals surface area contributed by atoms with Gasteiger partial charge in [-0.3, -0.25) is 9.59 Å². The van der Waals surface area contributed by atoms with E-state index in [1.165, 1.54) is 25.7 Å². The summed E-state index contributed by atoms with van der Waals surface area (Å²) in [7, 11) is 0. The van der Waals surface area contributed by atoms with Crippen LogP contribution in [0.4, 0.5) is 11.5 Å². The van der Waals surface area contributed by atoms with Gasteiger partial charge in [0.2, 0.25) is 11.8 Å². The van der Waals surface area contributed by atoms with Crippen molar-refractivity contribution < 1.29 is 9.59 Å². The number of aryl methyl sites for hydroxylation is 1. The van der Waals surface area contributed by atoms with E-state index < -0.39 is 5.92 Å². The molecule has 1 unspecified atom stereocenters. The molecule has 0 saturated carbocycles. The molecule has 158 valence electrons. The number of benzene rings is 1. The Hall–Kier alpha value is -2.89. The van der Waals surface area contributed by atoms with Gasteiger partial charge in [0.25, 0.3) is 0 Å². The zero-order valence-electron chi connectivity index (χ0n) is 17.6. The number of carbonyl (C=O) groups excluding carboxylic acids is 2. The molecule has 6 nitrogen and oxygen atoms in total. The van der Waals surface area contributed by atoms with Crippen LogP contribution in [0.1, 0.15) is 43.2 Å². The number of rotatable bonds is 5. The molecule has 0 aliphatic carbocycles. The van der Waals surface area contributed by atoms with Gasteiger partial charge >= 0.3 is 0 Å². The molecule has 3 heterocycles. The summed E-state index contributed by atoms with van der Waals surface area (Å²) < 4.78 is 0. The first-order chi connectivity index (χ1) is 14.6. The minimum Gasteiger partial charge on any atom is -0.357 e. The van der Waals surface area contributed by atoms with Crippen LogP contribution in [0.3, 0.4) is 0 Å². The first kappa shape index (κ1) is 20.4. The van der Waals surface area contributed by atoms with Crippen LogP contribution in [0.5, 0.6) is 0 Å². The van der Waals surface area contributed by atoms with Gasteiger partial charge in [0.1, 0.15) is 11.7 Å². The quantitative estimate of drug-likeness (QED) is 0.773. The monoisotopic (exact) mass is 406 g/mol. The Morgan fingerprint density at radius 3 is 2.53 bits per heavy atom. The van der Waals surface area contributed by atoms with Crippen LogP contribution in [0.25, 0.3) is 0 Å². The van der Waals surface area contributed by atoms with E-state index in [1.54, 1.807) is 4.90 Å². The van der Waals surface area contributed by atoms with Crippen LogP contribution in [-0.2, 0) is 16.1 Å². The molecule has 4 rings (SSSR count). The van der Waals surface area contributed by atoms with Crippen LogP contribution < -0.4 is 15.1 Å². The van der Waals surface area contributed by atoms with Gasteiger partial charge in [-0.05, 0) is 56.0 Å². The third-order valence-electron chi connectivity index (χ3n) is 6.07. The summed E-state index contributed by atoms with van der Waals surface area (Å²) >= 11 is 0. The summed E-state index contributed by atoms with van der Waals surface area (Å²) in [6.45, 7) is 5.08. The zero-order valence-corrected chi connectivity index (χ0v) is 17.6. The van der Waals surface area contributed by atoms with E-state index in [-0.39, 0.29) is 11.8 Å². The van der Waals surface area contributed by atoms with Gasteiger partial charge in [-0.2, -0.15) is 0 Å². The van der Waals surface area contributed by atoms with Crippen LogP contribution in [0, 0.1) is 12.8 Å². The van der Waals surface area contributed by atoms with Gasteiger partial charge in [0.05, 0.1) is 0 Å². The Morgan fingerprint density at radius 2 is 1.80 bits per heavy atom. The molecular formula is C24H30N4O2. The third-order valence-corrected chi connectivity index (χ3v) is 6.07. The van der Waals surface area contributed by atoms with E-state index in [4.69, 9.17) is 0 Å². The van der Waals surface area contributed by atoms with E-state index in [0.29, 0.717) is 19.5 Å². The molecule has 2 fully saturated rings. The van der Waals surface area contributed by atoms with Gasteiger partial charge in [0, 0.05) is 38.1 Å². The Balaban J connectivity index is 1.35. The number of amides is 2. The summed E-state index contributed by atoms with van der Waals surface area (Å²) in [4.78, 5) is 34.1. The minimum absolute atomic E-state index is 0.115. The SMILES string of the molecule is Cc1ccc(N2CCC(C(=O)NCc3ccnc(N4CCCCCC4)c3)C2=O)cc1. The second kappa shape index (κ2) is 9.28. The molecular weight excluding hydrogens is 376 g/mol. The standard InChI is InChI=1S/C24H30N4O2/c1-18-6-8-20(9-7-18)28-15-11-21(24(28)30)23(29)26-17-19-10-12-25-22(16-19)27-13-4-2-3-5-14-27/h6-10,12,16,21H,2-5,11,13-15,17H2,1H3,(H,26,29). The second-order valence-electron chi connectivity index (χ2n) is 8.31. The third kappa shape index (κ3) is 4.64. The van der Waals surface area contributed by atoms with E-state index in [1.807, 2.05) is 43.5 Å². The first-order valence-corrected chi connectivity index (χ1v) is 11.0. The molecule has 30 heavy (non-hydrogen) atoms. The number of nitrogens with zero attached hydrogens (tertiary/aromatic N) is 3. The summed E-state index contributed by atoms with van der Waals surface area (Å²) in [5, 5.41) is 2.96. The minimum atomic E-state index is -0.613. The maximum Gasteiger partial charge on any atom is 0.239 e. The topological polar surface area (TPSA) is 65.5 Å². The number of carbonyl (C=O) groups is 2. The average Bonchev–Trinajstić information content (AvgIpc) is 2.97. The lowest BCUT2D eigenvalue weighted by molar-refractivity contribution is -0.132. The van der Waals surface area contributed by atoms with E-state index in [2.05, 4.69) is 21.3 Å². The molecule has 6 heteroatoms. The first-order valence-electron chi connectivity index (χ1n) is 11.0. The number of pyridine rings is 1. The van der Waals surface area contributed by atoms with Crippen molar-refractivity contribution in [3.63, 3.8) is 0 Å². The Bertz CT molecular complexity index is 888. The van der Waals surface area contributed by atoms with Gasteiger partial charge in [-0.25, -0.2) is 4.98 Å². The number of hydrogen-bond donors (Lipinski definition) is 1. The fourth-order valence-electron chi connectivity index (χ4n) is 4.26. The molecule has 0 radical (unpaired) electrons. The lowest BCUT2D eigenvalue weighted by atomic mass is 10.1. The maximum absolute atomic E-state index is 12.8. The van der Waals surface area contributed by atoms with Crippen LogP contribution in [-0.4, -0.2) is 36.4 Å². The Kier molecular flexibility index (Phi) is 6.31. The van der Waals surface area contributed by atoms with Crippen LogP contribution >= 0.6 is 0 Å². The molecule has 2 aromatic rings. The van der Waals surface area contributed by atoms with Crippen molar-refractivity contribution >= 4 is 23.3 Å². The van der Waals surface area contributed by atoms with Crippen LogP contribution in [0.2, 0.25) is 0 Å². The summed E-state index contributed by atoms with van der Waals surface area (Å²) in [6.07, 6.45) is 7.31. The van der Waals surface area contributed by atoms with Crippen molar-refractivity contribution in [2.75, 3.05) is 29.4 Å². The zero-order chi connectivity index (χ0) is 20.9. The Morgan fingerprint density at radius 1 is 1.07 bits per heavy atom. The van der Waals surface area contributed by atoms with E-state index >= 15 is 0 Å². The fraction of sp³-hybridized carbons (Fsp3) is 0.458. The highest BCUT2D eigenvalue weighted by molar-refractivity contribution is 6.09. The number of hydrogen-bond acceptors (Lipinski definition) is 4. The second-order valence-corrected chi connectivity index (χ2v) is 8.31. The van der Waals surface area contributed by atoms with Crippen molar-refractivity contribution in [2.24, 2.45) is 5.92 Å². The normalized spacial score (nSPS) is 19.6. The van der Waals surface area contributed by atoms with Crippen molar-refractivity contribution in [1.82, 2.24) is 10.3 Å². The average molecular weight is 407 g/mol. The largest absolute Gasteiger partial charge is 0.357 e.